The first-order chi connectivity index (χ1) is 10.2. The van der Waals surface area contributed by atoms with Gasteiger partial charge in [-0.25, -0.2) is 0 Å². The zero-order chi connectivity index (χ0) is 15.1. The lowest BCUT2D eigenvalue weighted by atomic mass is 9.78. The average Bonchev–Trinajstić information content (AvgIpc) is 3.01. The summed E-state index contributed by atoms with van der Waals surface area (Å²) in [7, 11) is 0. The molecular formula is C18H31BrN2. The maximum atomic E-state index is 4.92. The van der Waals surface area contributed by atoms with E-state index in [4.69, 9.17) is 5.10 Å². The van der Waals surface area contributed by atoms with E-state index in [2.05, 4.69) is 46.7 Å². The minimum Gasteiger partial charge on any atom is -0.269 e. The normalized spacial score (nSPS) is 19.6. The van der Waals surface area contributed by atoms with E-state index in [1.165, 1.54) is 63.5 Å². The molecule has 2 rings (SSSR count). The Bertz CT molecular complexity index is 403. The molecule has 1 aromatic heterocycles. The summed E-state index contributed by atoms with van der Waals surface area (Å²) in [6.07, 6.45) is 15.3. The Balaban J connectivity index is 2.01. The monoisotopic (exact) mass is 354 g/mol. The van der Waals surface area contributed by atoms with Crippen molar-refractivity contribution in [2.24, 2.45) is 5.41 Å². The summed E-state index contributed by atoms with van der Waals surface area (Å²) in [5, 5.41) is 6.01. The summed E-state index contributed by atoms with van der Waals surface area (Å²) in [5.74, 6) is 0. The number of hydrogen-bond donors (Lipinski definition) is 0. The highest BCUT2D eigenvalue weighted by Gasteiger charge is 2.28. The van der Waals surface area contributed by atoms with Gasteiger partial charge in [0.25, 0.3) is 0 Å². The predicted molar refractivity (Wildman–Crippen MR) is 94.1 cm³/mol. The van der Waals surface area contributed by atoms with Gasteiger partial charge in [0.2, 0.25) is 0 Å². The van der Waals surface area contributed by atoms with Crippen molar-refractivity contribution in [1.29, 1.82) is 0 Å². The number of rotatable bonds is 8. The maximum Gasteiger partial charge on any atom is 0.0630 e. The molecule has 1 unspecified atom stereocenters. The zero-order valence-corrected chi connectivity index (χ0v) is 15.4. The molecule has 0 saturated heterocycles. The fraction of sp³-hybridized carbons (Fsp3) is 0.833. The van der Waals surface area contributed by atoms with Gasteiger partial charge in [0.05, 0.1) is 11.7 Å². The van der Waals surface area contributed by atoms with Crippen LogP contribution in [-0.2, 0) is 6.42 Å². The number of hydrogen-bond acceptors (Lipinski definition) is 1. The Kier molecular flexibility index (Phi) is 6.78. The van der Waals surface area contributed by atoms with Gasteiger partial charge in [0.1, 0.15) is 0 Å². The van der Waals surface area contributed by atoms with Gasteiger partial charge >= 0.3 is 0 Å². The van der Waals surface area contributed by atoms with Gasteiger partial charge in [-0.05, 0) is 43.6 Å². The third kappa shape index (κ3) is 4.58. The van der Waals surface area contributed by atoms with Crippen LogP contribution in [0.4, 0.5) is 0 Å². The van der Waals surface area contributed by atoms with Crippen LogP contribution in [0.3, 0.4) is 0 Å². The van der Waals surface area contributed by atoms with E-state index < -0.39 is 0 Å². The largest absolute Gasteiger partial charge is 0.269 e. The van der Waals surface area contributed by atoms with Gasteiger partial charge in [-0.3, -0.25) is 4.68 Å². The first-order valence-electron chi connectivity index (χ1n) is 8.83. The highest BCUT2D eigenvalue weighted by atomic mass is 79.9. The average molecular weight is 355 g/mol. The Hall–Kier alpha value is -0.310. The van der Waals surface area contributed by atoms with Gasteiger partial charge in [-0.15, -0.1) is 0 Å². The first kappa shape index (κ1) is 17.1. The van der Waals surface area contributed by atoms with Gasteiger partial charge < -0.3 is 0 Å². The quantitative estimate of drug-likeness (QED) is 0.530. The lowest BCUT2D eigenvalue weighted by molar-refractivity contribution is 0.277. The van der Waals surface area contributed by atoms with Gasteiger partial charge in [0.15, 0.2) is 0 Å². The van der Waals surface area contributed by atoms with Crippen LogP contribution in [-0.4, -0.2) is 15.1 Å². The van der Waals surface area contributed by atoms with Gasteiger partial charge in [-0.2, -0.15) is 5.10 Å². The van der Waals surface area contributed by atoms with Crippen LogP contribution in [0, 0.1) is 5.41 Å². The van der Waals surface area contributed by atoms with Crippen LogP contribution in [0.25, 0.3) is 0 Å². The Morgan fingerprint density at radius 2 is 2.05 bits per heavy atom. The number of unbranched alkanes of at least 4 members (excludes halogenated alkanes) is 1. The third-order valence-electron chi connectivity index (χ3n) is 5.26. The molecule has 0 aliphatic heterocycles. The molecule has 1 aromatic rings. The molecule has 21 heavy (non-hydrogen) atoms. The maximum absolute atomic E-state index is 4.92. The van der Waals surface area contributed by atoms with Crippen LogP contribution in [0.15, 0.2) is 12.3 Å². The SMILES string of the molecule is CCCCC(CC)(CBr)Cc1ccn(C2CCCCC2)n1. The van der Waals surface area contributed by atoms with Crippen molar-refractivity contribution in [3.05, 3.63) is 18.0 Å². The van der Waals surface area contributed by atoms with E-state index in [0.29, 0.717) is 11.5 Å². The zero-order valence-electron chi connectivity index (χ0n) is 13.8. The summed E-state index contributed by atoms with van der Waals surface area (Å²) >= 11 is 3.77. The molecule has 0 aromatic carbocycles. The molecule has 0 amide bonds. The Labute approximate surface area is 138 Å². The summed E-state index contributed by atoms with van der Waals surface area (Å²) in [6.45, 7) is 4.61. The second-order valence-electron chi connectivity index (χ2n) is 6.85. The highest BCUT2D eigenvalue weighted by Crippen LogP contribution is 2.35. The van der Waals surface area contributed by atoms with E-state index in [-0.39, 0.29) is 0 Å². The first-order valence-corrected chi connectivity index (χ1v) is 9.95. The molecule has 0 spiro atoms. The summed E-state index contributed by atoms with van der Waals surface area (Å²) in [5.41, 5.74) is 1.68. The number of nitrogens with zero attached hydrogens (tertiary/aromatic N) is 2. The standard InChI is InChI=1S/C18H31BrN2/c1-3-5-12-18(4-2,15-19)14-16-11-13-21(20-16)17-9-7-6-8-10-17/h11,13,17H,3-10,12,14-15H2,1-2H3. The van der Waals surface area contributed by atoms with Crippen molar-refractivity contribution in [2.45, 2.75) is 84.1 Å². The van der Waals surface area contributed by atoms with E-state index in [1.54, 1.807) is 0 Å². The van der Waals surface area contributed by atoms with Crippen LogP contribution in [0.1, 0.15) is 83.4 Å². The van der Waals surface area contributed by atoms with Gasteiger partial charge in [0, 0.05) is 11.5 Å². The van der Waals surface area contributed by atoms with Crippen LogP contribution >= 0.6 is 15.9 Å². The fourth-order valence-corrected chi connectivity index (χ4v) is 4.43. The number of halogens is 1. The van der Waals surface area contributed by atoms with Crippen molar-refractivity contribution in [3.63, 3.8) is 0 Å². The second-order valence-corrected chi connectivity index (χ2v) is 7.41. The molecule has 1 atom stereocenters. The Morgan fingerprint density at radius 3 is 2.67 bits per heavy atom. The molecule has 120 valence electrons. The lowest BCUT2D eigenvalue weighted by Crippen LogP contribution is -2.25. The lowest BCUT2D eigenvalue weighted by Gasteiger charge is -2.30. The van der Waals surface area contributed by atoms with E-state index in [9.17, 15) is 0 Å². The van der Waals surface area contributed by atoms with Crippen LogP contribution in [0.5, 0.6) is 0 Å². The summed E-state index contributed by atoms with van der Waals surface area (Å²) in [4.78, 5) is 0. The molecule has 1 heterocycles. The minimum absolute atomic E-state index is 0.391. The third-order valence-corrected chi connectivity index (χ3v) is 6.45. The van der Waals surface area contributed by atoms with Crippen LogP contribution in [0.2, 0.25) is 0 Å². The van der Waals surface area contributed by atoms with Crippen molar-refractivity contribution in [1.82, 2.24) is 9.78 Å². The van der Waals surface area contributed by atoms with Crippen molar-refractivity contribution in [3.8, 4) is 0 Å². The Morgan fingerprint density at radius 1 is 1.29 bits per heavy atom. The molecule has 1 aliphatic carbocycles. The molecule has 0 bridgehead atoms. The molecule has 1 saturated carbocycles. The van der Waals surface area contributed by atoms with Crippen molar-refractivity contribution >= 4 is 15.9 Å². The minimum atomic E-state index is 0.391. The molecular weight excluding hydrogens is 324 g/mol. The molecule has 1 fully saturated rings. The highest BCUT2D eigenvalue weighted by molar-refractivity contribution is 9.09. The molecule has 0 radical (unpaired) electrons. The smallest absolute Gasteiger partial charge is 0.0630 e. The van der Waals surface area contributed by atoms with E-state index in [1.807, 2.05) is 0 Å². The molecule has 0 N–H and O–H groups in total. The van der Waals surface area contributed by atoms with Gasteiger partial charge in [-0.1, -0.05) is 61.9 Å². The number of aromatic nitrogens is 2. The van der Waals surface area contributed by atoms with E-state index in [0.717, 1.165) is 11.8 Å². The summed E-state index contributed by atoms with van der Waals surface area (Å²) in [6, 6.07) is 2.91. The number of alkyl halides is 1. The second kappa shape index (κ2) is 8.36. The van der Waals surface area contributed by atoms with Crippen LogP contribution < -0.4 is 0 Å². The fourth-order valence-electron chi connectivity index (χ4n) is 3.56. The molecule has 2 nitrogen and oxygen atoms in total. The predicted octanol–water partition coefficient (Wildman–Crippen LogP) is 5.91. The van der Waals surface area contributed by atoms with Crippen molar-refractivity contribution < 1.29 is 0 Å². The summed E-state index contributed by atoms with van der Waals surface area (Å²) < 4.78 is 2.25. The van der Waals surface area contributed by atoms with E-state index >= 15 is 0 Å². The molecule has 3 heteroatoms. The van der Waals surface area contributed by atoms with Crippen molar-refractivity contribution in [2.75, 3.05) is 5.33 Å². The topological polar surface area (TPSA) is 17.8 Å². The molecule has 1 aliphatic rings.